The molecule has 5 nitrogen and oxygen atoms in total. The van der Waals surface area contributed by atoms with Crippen molar-refractivity contribution in [2.24, 2.45) is 7.05 Å². The summed E-state index contributed by atoms with van der Waals surface area (Å²) in [6, 6.07) is 10.9. The largest absolute Gasteiger partial charge is 0.374 e. The van der Waals surface area contributed by atoms with Gasteiger partial charge in [-0.3, -0.25) is 4.90 Å². The average Bonchev–Trinajstić information content (AvgIpc) is 2.94. The van der Waals surface area contributed by atoms with Crippen molar-refractivity contribution in [1.82, 2.24) is 19.8 Å². The van der Waals surface area contributed by atoms with Crippen LogP contribution in [0.2, 0.25) is 5.15 Å². The molecule has 130 valence electrons. The third kappa shape index (κ3) is 3.81. The van der Waals surface area contributed by atoms with Gasteiger partial charge >= 0.3 is 0 Å². The van der Waals surface area contributed by atoms with E-state index >= 15 is 0 Å². The second kappa shape index (κ2) is 8.12. The Morgan fingerprint density at radius 3 is 2.79 bits per heavy atom. The Morgan fingerprint density at radius 2 is 2.12 bits per heavy atom. The molecular weight excluding hydrogens is 324 g/mol. The predicted molar refractivity (Wildman–Crippen MR) is 96.1 cm³/mol. The number of halogens is 1. The molecule has 1 aromatic carbocycles. The van der Waals surface area contributed by atoms with Crippen LogP contribution in [0, 0.1) is 0 Å². The normalized spacial score (nSPS) is 22.0. The van der Waals surface area contributed by atoms with Crippen molar-refractivity contribution >= 4 is 11.6 Å². The lowest BCUT2D eigenvalue weighted by molar-refractivity contribution is -0.0695. The molecule has 0 bridgehead atoms. The fraction of sp³-hybridized carbons (Fsp3) is 0.500. The van der Waals surface area contributed by atoms with Crippen LogP contribution in [-0.4, -0.2) is 46.8 Å². The zero-order valence-electron chi connectivity index (χ0n) is 14.3. The van der Waals surface area contributed by atoms with E-state index in [2.05, 4.69) is 52.5 Å². The lowest BCUT2D eigenvalue weighted by Gasteiger charge is -2.41. The number of ether oxygens (including phenoxy) is 1. The Labute approximate surface area is 148 Å². The van der Waals surface area contributed by atoms with E-state index in [0.717, 1.165) is 32.1 Å². The van der Waals surface area contributed by atoms with Crippen molar-refractivity contribution in [3.63, 3.8) is 0 Å². The van der Waals surface area contributed by atoms with Crippen LogP contribution < -0.4 is 5.32 Å². The van der Waals surface area contributed by atoms with Gasteiger partial charge in [-0.15, -0.1) is 0 Å². The number of morpholine rings is 1. The van der Waals surface area contributed by atoms with Crippen molar-refractivity contribution < 1.29 is 4.74 Å². The standard InChI is InChI=1S/C18H25ClN4O/c1-3-23-9-10-24-15(18(23)14-7-5-4-6-8-14)11-20-13-17-21-12-16(19)22(17)2/h4-8,12,15,18,20H,3,9-11,13H2,1-2H3/t15-,18-/m0/s1. The average molecular weight is 349 g/mol. The van der Waals surface area contributed by atoms with Gasteiger partial charge in [0.15, 0.2) is 0 Å². The van der Waals surface area contributed by atoms with Crippen LogP contribution >= 0.6 is 11.6 Å². The summed E-state index contributed by atoms with van der Waals surface area (Å²) in [4.78, 5) is 6.81. The maximum Gasteiger partial charge on any atom is 0.128 e. The summed E-state index contributed by atoms with van der Waals surface area (Å²) in [7, 11) is 1.93. The molecule has 0 unspecified atom stereocenters. The molecule has 1 aliphatic rings. The number of likely N-dealkylation sites (N-methyl/N-ethyl adjacent to an activating group) is 1. The molecule has 1 saturated heterocycles. The highest BCUT2D eigenvalue weighted by atomic mass is 35.5. The number of hydrogen-bond donors (Lipinski definition) is 1. The molecule has 3 rings (SSSR count). The first-order chi connectivity index (χ1) is 11.7. The van der Waals surface area contributed by atoms with Crippen LogP contribution in [0.5, 0.6) is 0 Å². The van der Waals surface area contributed by atoms with Crippen LogP contribution in [0.15, 0.2) is 36.5 Å². The second-order valence-corrected chi connectivity index (χ2v) is 6.47. The molecule has 0 saturated carbocycles. The van der Waals surface area contributed by atoms with E-state index in [1.165, 1.54) is 5.56 Å². The Balaban J connectivity index is 1.66. The lowest BCUT2D eigenvalue weighted by atomic mass is 9.98. The second-order valence-electron chi connectivity index (χ2n) is 6.08. The number of benzene rings is 1. The molecule has 0 spiro atoms. The zero-order chi connectivity index (χ0) is 16.9. The van der Waals surface area contributed by atoms with Crippen molar-refractivity contribution in [2.75, 3.05) is 26.2 Å². The minimum atomic E-state index is 0.122. The Morgan fingerprint density at radius 1 is 1.33 bits per heavy atom. The van der Waals surface area contributed by atoms with Crippen molar-refractivity contribution in [3.8, 4) is 0 Å². The van der Waals surface area contributed by atoms with Crippen LogP contribution in [-0.2, 0) is 18.3 Å². The van der Waals surface area contributed by atoms with Crippen LogP contribution in [0.4, 0.5) is 0 Å². The molecule has 1 aromatic heterocycles. The summed E-state index contributed by atoms with van der Waals surface area (Å²) in [5.41, 5.74) is 1.31. The molecule has 2 aromatic rings. The van der Waals surface area contributed by atoms with Crippen LogP contribution in [0.3, 0.4) is 0 Å². The first kappa shape index (κ1) is 17.4. The Hall–Kier alpha value is -1.40. The number of nitrogens with zero attached hydrogens (tertiary/aromatic N) is 3. The minimum absolute atomic E-state index is 0.122. The highest BCUT2D eigenvalue weighted by Crippen LogP contribution is 2.29. The molecular formula is C18H25ClN4O. The van der Waals surface area contributed by atoms with Crippen LogP contribution in [0.25, 0.3) is 0 Å². The van der Waals surface area contributed by atoms with E-state index < -0.39 is 0 Å². The maximum absolute atomic E-state index is 6.09. The van der Waals surface area contributed by atoms with E-state index in [-0.39, 0.29) is 12.1 Å². The summed E-state index contributed by atoms with van der Waals surface area (Å²) in [5.74, 6) is 0.930. The SMILES string of the molecule is CCN1CCO[C@@H](CNCc2ncc(Cl)n2C)[C@@H]1c1ccccc1. The molecule has 1 N–H and O–H groups in total. The monoisotopic (exact) mass is 348 g/mol. The first-order valence-corrected chi connectivity index (χ1v) is 8.86. The van der Waals surface area contributed by atoms with Gasteiger partial charge in [-0.25, -0.2) is 4.98 Å². The van der Waals surface area contributed by atoms with Gasteiger partial charge in [-0.2, -0.15) is 0 Å². The summed E-state index contributed by atoms with van der Waals surface area (Å²) in [5, 5.41) is 4.13. The summed E-state index contributed by atoms with van der Waals surface area (Å²) < 4.78 is 7.99. The maximum atomic E-state index is 6.09. The zero-order valence-corrected chi connectivity index (χ0v) is 15.0. The highest BCUT2D eigenvalue weighted by Gasteiger charge is 2.32. The van der Waals surface area contributed by atoms with Crippen molar-refractivity contribution in [3.05, 3.63) is 53.1 Å². The molecule has 2 heterocycles. The van der Waals surface area contributed by atoms with Gasteiger partial charge in [0.05, 0.1) is 31.5 Å². The van der Waals surface area contributed by atoms with E-state index in [4.69, 9.17) is 16.3 Å². The van der Waals surface area contributed by atoms with E-state index in [9.17, 15) is 0 Å². The summed E-state index contributed by atoms with van der Waals surface area (Å²) >= 11 is 6.04. The van der Waals surface area contributed by atoms with E-state index in [1.54, 1.807) is 6.20 Å². The molecule has 1 aliphatic heterocycles. The molecule has 24 heavy (non-hydrogen) atoms. The van der Waals surface area contributed by atoms with Gasteiger partial charge in [-0.1, -0.05) is 48.9 Å². The van der Waals surface area contributed by atoms with Crippen molar-refractivity contribution in [2.45, 2.75) is 25.6 Å². The fourth-order valence-electron chi connectivity index (χ4n) is 3.30. The van der Waals surface area contributed by atoms with Gasteiger partial charge in [-0.05, 0) is 12.1 Å². The van der Waals surface area contributed by atoms with Crippen molar-refractivity contribution in [1.29, 1.82) is 0 Å². The molecule has 0 amide bonds. The Kier molecular flexibility index (Phi) is 5.89. The number of imidazole rings is 1. The van der Waals surface area contributed by atoms with Gasteiger partial charge in [0.2, 0.25) is 0 Å². The van der Waals surface area contributed by atoms with E-state index in [1.807, 2.05) is 11.6 Å². The number of nitrogens with one attached hydrogen (secondary N) is 1. The van der Waals surface area contributed by atoms with Gasteiger partial charge < -0.3 is 14.6 Å². The summed E-state index contributed by atoms with van der Waals surface area (Å²) in [6.07, 6.45) is 1.80. The molecule has 0 radical (unpaired) electrons. The number of aromatic nitrogens is 2. The summed E-state index contributed by atoms with van der Waals surface area (Å²) in [6.45, 7) is 6.44. The molecule has 1 fully saturated rings. The van der Waals surface area contributed by atoms with Gasteiger partial charge in [0.25, 0.3) is 0 Å². The predicted octanol–water partition coefficient (Wildman–Crippen LogP) is 2.63. The number of hydrogen-bond acceptors (Lipinski definition) is 4. The van der Waals surface area contributed by atoms with Gasteiger partial charge in [0.1, 0.15) is 11.0 Å². The molecule has 6 heteroatoms. The molecule has 2 atom stereocenters. The smallest absolute Gasteiger partial charge is 0.128 e. The highest BCUT2D eigenvalue weighted by molar-refractivity contribution is 6.29. The third-order valence-corrected chi connectivity index (χ3v) is 5.01. The quantitative estimate of drug-likeness (QED) is 0.871. The van der Waals surface area contributed by atoms with E-state index in [0.29, 0.717) is 11.7 Å². The molecule has 0 aliphatic carbocycles. The minimum Gasteiger partial charge on any atom is -0.374 e. The van der Waals surface area contributed by atoms with Gasteiger partial charge in [0, 0.05) is 20.1 Å². The van der Waals surface area contributed by atoms with Crippen LogP contribution in [0.1, 0.15) is 24.4 Å². The topological polar surface area (TPSA) is 42.3 Å². The Bertz CT molecular complexity index is 646. The fourth-order valence-corrected chi connectivity index (χ4v) is 3.45. The lowest BCUT2D eigenvalue weighted by Crippen LogP contribution is -2.48. The number of rotatable bonds is 6. The third-order valence-electron chi connectivity index (χ3n) is 4.66. The first-order valence-electron chi connectivity index (χ1n) is 8.48.